The smallest absolute Gasteiger partial charge is 0.322 e. The number of aryl methyl sites for hydroxylation is 1. The van der Waals surface area contributed by atoms with Gasteiger partial charge >= 0.3 is 5.97 Å². The van der Waals surface area contributed by atoms with E-state index in [-0.39, 0.29) is 35.5 Å². The lowest BCUT2D eigenvalue weighted by atomic mass is 9.92. The number of ketones is 1. The number of phenols is 1. The molecule has 9 heteroatoms. The summed E-state index contributed by atoms with van der Waals surface area (Å²) in [6, 6.07) is 10.2. The molecule has 0 amide bonds. The fraction of sp³-hybridized carbons (Fsp3) is 0.412. The molecule has 0 unspecified atom stereocenters. The monoisotopic (exact) mass is 608 g/mol. The summed E-state index contributed by atoms with van der Waals surface area (Å²) in [4.78, 5) is 25.1. The predicted octanol–water partition coefficient (Wildman–Crippen LogP) is 7.52. The van der Waals surface area contributed by atoms with E-state index in [1.54, 1.807) is 32.9 Å². The number of aromatic hydroxyl groups is 1. The van der Waals surface area contributed by atoms with Gasteiger partial charge in [-0.05, 0) is 98.9 Å². The lowest BCUT2D eigenvalue weighted by Gasteiger charge is -2.39. The third-order valence-electron chi connectivity index (χ3n) is 7.70. The summed E-state index contributed by atoms with van der Waals surface area (Å²) in [5, 5.41) is 20.7. The number of benzene rings is 2. The van der Waals surface area contributed by atoms with Crippen LogP contribution in [-0.2, 0) is 19.1 Å². The van der Waals surface area contributed by atoms with Crippen molar-refractivity contribution in [3.05, 3.63) is 77.1 Å². The highest BCUT2D eigenvalue weighted by molar-refractivity contribution is 6.74. The molecular formula is C34H44O8Si. The SMILES string of the molecule is Cc1cc(/C=C/C(O)=C/C(=O)/C=C/c2ccc(OC(=O)C3(C)COC(C)(C)OC3)c(O)c2)ccc1O[Si](C)(C)C(C)(C)C. The van der Waals surface area contributed by atoms with E-state index in [0.29, 0.717) is 5.56 Å². The molecule has 0 spiro atoms. The van der Waals surface area contributed by atoms with Gasteiger partial charge < -0.3 is 28.8 Å². The van der Waals surface area contributed by atoms with E-state index in [2.05, 4.69) is 33.9 Å². The molecule has 2 aromatic carbocycles. The lowest BCUT2D eigenvalue weighted by Crippen LogP contribution is -2.50. The zero-order chi connectivity index (χ0) is 32.2. The van der Waals surface area contributed by atoms with Crippen molar-refractivity contribution in [2.45, 2.75) is 72.4 Å². The second kappa shape index (κ2) is 12.9. The Hall–Kier alpha value is -3.66. The summed E-state index contributed by atoms with van der Waals surface area (Å²) in [6.07, 6.45) is 7.02. The molecule has 1 aliphatic heterocycles. The molecule has 0 aliphatic carbocycles. The minimum atomic E-state index is -1.96. The molecule has 0 aromatic heterocycles. The lowest BCUT2D eigenvalue weighted by molar-refractivity contribution is -0.279. The molecule has 1 fully saturated rings. The van der Waals surface area contributed by atoms with Crippen molar-refractivity contribution >= 4 is 32.2 Å². The van der Waals surface area contributed by atoms with Crippen molar-refractivity contribution in [3.63, 3.8) is 0 Å². The largest absolute Gasteiger partial charge is 0.543 e. The molecule has 1 aliphatic rings. The van der Waals surface area contributed by atoms with Crippen molar-refractivity contribution in [1.29, 1.82) is 0 Å². The molecule has 1 saturated heterocycles. The summed E-state index contributed by atoms with van der Waals surface area (Å²) < 4.78 is 23.0. The van der Waals surface area contributed by atoms with Crippen LogP contribution in [0.3, 0.4) is 0 Å². The third-order valence-corrected chi connectivity index (χ3v) is 12.0. The maximum atomic E-state index is 12.7. The molecule has 2 aromatic rings. The number of phenolic OH excluding ortho intramolecular Hbond substituents is 1. The van der Waals surface area contributed by atoms with Gasteiger partial charge in [-0.2, -0.15) is 0 Å². The first kappa shape index (κ1) is 33.8. The number of rotatable bonds is 9. The number of carbonyl (C=O) groups excluding carboxylic acids is 2. The van der Waals surface area contributed by atoms with E-state index < -0.39 is 31.3 Å². The second-order valence-corrected chi connectivity index (χ2v) is 17.9. The highest BCUT2D eigenvalue weighted by Crippen LogP contribution is 2.38. The molecule has 232 valence electrons. The quantitative estimate of drug-likeness (QED) is 0.0751. The van der Waals surface area contributed by atoms with Gasteiger partial charge in [-0.15, -0.1) is 0 Å². The Morgan fingerprint density at radius 1 is 0.930 bits per heavy atom. The normalized spacial score (nSPS) is 17.3. The van der Waals surface area contributed by atoms with Crippen LogP contribution in [0, 0.1) is 12.3 Å². The number of carbonyl (C=O) groups is 2. The number of aliphatic hydroxyl groups excluding tert-OH is 1. The summed E-state index contributed by atoms with van der Waals surface area (Å²) in [6.45, 7) is 18.4. The van der Waals surface area contributed by atoms with Crippen molar-refractivity contribution < 1.29 is 38.4 Å². The Morgan fingerprint density at radius 2 is 1.49 bits per heavy atom. The van der Waals surface area contributed by atoms with Crippen molar-refractivity contribution in [2.75, 3.05) is 13.2 Å². The Kier molecular flexibility index (Phi) is 10.2. The minimum absolute atomic E-state index is 0.0166. The van der Waals surface area contributed by atoms with E-state index >= 15 is 0 Å². The third kappa shape index (κ3) is 9.16. The predicted molar refractivity (Wildman–Crippen MR) is 171 cm³/mol. The van der Waals surface area contributed by atoms with E-state index in [1.165, 1.54) is 30.4 Å². The standard InChI is InChI=1S/C34H44O8Si/c1-23-18-24(12-16-29(23)42-43(8,9)32(2,3)4)10-14-26(35)20-27(36)15-11-25-13-17-30(28(37)19-25)41-31(38)34(7)21-39-33(5,6)40-22-34/h10-20,35,37H,21-22H2,1-9H3/b14-10+,15-11+,26-20-. The molecule has 0 radical (unpaired) electrons. The van der Waals surface area contributed by atoms with Crippen LogP contribution in [0.1, 0.15) is 58.2 Å². The Labute approximate surface area is 255 Å². The number of allylic oxidation sites excluding steroid dienone is 3. The van der Waals surface area contributed by atoms with Gasteiger partial charge in [-0.25, -0.2) is 0 Å². The Balaban J connectivity index is 1.59. The van der Waals surface area contributed by atoms with Crippen LogP contribution >= 0.6 is 0 Å². The van der Waals surface area contributed by atoms with E-state index in [1.807, 2.05) is 25.1 Å². The summed E-state index contributed by atoms with van der Waals surface area (Å²) >= 11 is 0. The maximum absolute atomic E-state index is 12.7. The van der Waals surface area contributed by atoms with Crippen molar-refractivity contribution in [3.8, 4) is 17.2 Å². The van der Waals surface area contributed by atoms with E-state index in [0.717, 1.165) is 23.0 Å². The van der Waals surface area contributed by atoms with Gasteiger partial charge in [0.05, 0.1) is 13.2 Å². The first-order valence-corrected chi connectivity index (χ1v) is 17.1. The molecule has 1 heterocycles. The number of hydrogen-bond donors (Lipinski definition) is 2. The van der Waals surface area contributed by atoms with Crippen LogP contribution in [0.25, 0.3) is 12.2 Å². The number of ether oxygens (including phenoxy) is 3. The summed E-state index contributed by atoms with van der Waals surface area (Å²) in [5.41, 5.74) is 1.34. The number of esters is 1. The van der Waals surface area contributed by atoms with Gasteiger partial charge in [-0.1, -0.05) is 45.1 Å². The van der Waals surface area contributed by atoms with Crippen LogP contribution in [0.4, 0.5) is 0 Å². The van der Waals surface area contributed by atoms with Crippen molar-refractivity contribution in [2.24, 2.45) is 5.41 Å². The Bertz CT molecular complexity index is 1430. The first-order valence-electron chi connectivity index (χ1n) is 14.2. The number of aliphatic hydroxyl groups is 1. The van der Waals surface area contributed by atoms with E-state index in [4.69, 9.17) is 18.6 Å². The highest BCUT2D eigenvalue weighted by Gasteiger charge is 2.44. The number of hydrogen-bond acceptors (Lipinski definition) is 8. The summed E-state index contributed by atoms with van der Waals surface area (Å²) in [7, 11) is -1.96. The van der Waals surface area contributed by atoms with Gasteiger partial charge in [0.15, 0.2) is 23.1 Å². The highest BCUT2D eigenvalue weighted by atomic mass is 28.4. The molecule has 0 saturated carbocycles. The van der Waals surface area contributed by atoms with Crippen LogP contribution < -0.4 is 9.16 Å². The van der Waals surface area contributed by atoms with E-state index in [9.17, 15) is 19.8 Å². The first-order chi connectivity index (χ1) is 19.8. The molecule has 43 heavy (non-hydrogen) atoms. The van der Waals surface area contributed by atoms with Gasteiger partial charge in [0.25, 0.3) is 0 Å². The second-order valence-electron chi connectivity index (χ2n) is 13.2. The van der Waals surface area contributed by atoms with Gasteiger partial charge in [0.1, 0.15) is 16.9 Å². The fourth-order valence-corrected chi connectivity index (χ4v) is 4.82. The average Bonchev–Trinajstić information content (AvgIpc) is 2.90. The molecule has 0 bridgehead atoms. The van der Waals surface area contributed by atoms with Gasteiger partial charge in [0.2, 0.25) is 8.32 Å². The van der Waals surface area contributed by atoms with Crippen LogP contribution in [0.5, 0.6) is 17.2 Å². The van der Waals surface area contributed by atoms with Crippen molar-refractivity contribution in [1.82, 2.24) is 0 Å². The molecule has 3 rings (SSSR count). The average molecular weight is 609 g/mol. The van der Waals surface area contributed by atoms with Gasteiger partial charge in [0, 0.05) is 6.08 Å². The minimum Gasteiger partial charge on any atom is -0.543 e. The summed E-state index contributed by atoms with van der Waals surface area (Å²) in [5.74, 6) is -1.43. The van der Waals surface area contributed by atoms with Crippen LogP contribution in [0.2, 0.25) is 18.1 Å². The fourth-order valence-electron chi connectivity index (χ4n) is 3.74. The topological polar surface area (TPSA) is 112 Å². The molecule has 8 nitrogen and oxygen atoms in total. The van der Waals surface area contributed by atoms with Gasteiger partial charge in [-0.3, -0.25) is 9.59 Å². The maximum Gasteiger partial charge on any atom is 0.322 e. The Morgan fingerprint density at radius 3 is 2.05 bits per heavy atom. The molecule has 0 atom stereocenters. The zero-order valence-corrected chi connectivity index (χ0v) is 27.6. The van der Waals surface area contributed by atoms with Crippen LogP contribution in [0.15, 0.2) is 60.4 Å². The molecular weight excluding hydrogens is 564 g/mol. The van der Waals surface area contributed by atoms with Crippen LogP contribution in [-0.4, -0.2) is 49.3 Å². The zero-order valence-electron chi connectivity index (χ0n) is 26.6. The molecule has 2 N–H and O–H groups in total.